The van der Waals surface area contributed by atoms with Crippen LogP contribution >= 0.6 is 11.3 Å². The van der Waals surface area contributed by atoms with Crippen molar-refractivity contribution in [3.63, 3.8) is 0 Å². The second-order valence-corrected chi connectivity index (χ2v) is 4.38. The van der Waals surface area contributed by atoms with E-state index in [-0.39, 0.29) is 17.1 Å². The Labute approximate surface area is 111 Å². The molecule has 9 heteroatoms. The SMILES string of the molecule is O=C(O)c1ccsc1NC(=O)N(CCO)CC(F)F. The molecule has 0 saturated heterocycles. The summed E-state index contributed by atoms with van der Waals surface area (Å²) in [6.07, 6.45) is -2.74. The molecule has 1 aromatic heterocycles. The van der Waals surface area contributed by atoms with Crippen LogP contribution in [0.3, 0.4) is 0 Å². The zero-order valence-corrected chi connectivity index (χ0v) is 10.5. The molecular formula is C10H12F2N2O4S. The lowest BCUT2D eigenvalue weighted by Crippen LogP contribution is -2.40. The van der Waals surface area contributed by atoms with E-state index in [4.69, 9.17) is 10.2 Å². The molecule has 1 rings (SSSR count). The van der Waals surface area contributed by atoms with Crippen LogP contribution in [0.5, 0.6) is 0 Å². The Morgan fingerprint density at radius 1 is 1.47 bits per heavy atom. The molecule has 6 nitrogen and oxygen atoms in total. The Morgan fingerprint density at radius 2 is 2.16 bits per heavy atom. The molecule has 0 spiro atoms. The zero-order valence-electron chi connectivity index (χ0n) is 9.68. The molecule has 19 heavy (non-hydrogen) atoms. The summed E-state index contributed by atoms with van der Waals surface area (Å²) in [5.74, 6) is -1.22. The number of carbonyl (C=O) groups excluding carboxylic acids is 1. The summed E-state index contributed by atoms with van der Waals surface area (Å²) in [7, 11) is 0. The molecule has 2 amide bonds. The fourth-order valence-electron chi connectivity index (χ4n) is 1.31. The van der Waals surface area contributed by atoms with Crippen LogP contribution in [0.25, 0.3) is 0 Å². The molecular weight excluding hydrogens is 282 g/mol. The third-order valence-corrected chi connectivity index (χ3v) is 2.96. The van der Waals surface area contributed by atoms with Crippen LogP contribution in [-0.4, -0.2) is 53.2 Å². The fraction of sp³-hybridized carbons (Fsp3) is 0.400. The molecule has 0 aromatic carbocycles. The molecule has 0 aliphatic rings. The van der Waals surface area contributed by atoms with E-state index in [1.807, 2.05) is 0 Å². The van der Waals surface area contributed by atoms with E-state index in [2.05, 4.69) is 5.32 Å². The number of aliphatic hydroxyl groups is 1. The molecule has 0 bridgehead atoms. The minimum absolute atomic E-state index is 0.0645. The summed E-state index contributed by atoms with van der Waals surface area (Å²) in [5, 5.41) is 21.3. The first-order valence-corrected chi connectivity index (χ1v) is 6.09. The molecule has 3 N–H and O–H groups in total. The number of aliphatic hydroxyl groups excluding tert-OH is 1. The molecule has 0 aliphatic heterocycles. The van der Waals surface area contributed by atoms with Gasteiger partial charge in [-0.15, -0.1) is 11.3 Å². The van der Waals surface area contributed by atoms with Crippen molar-refractivity contribution in [2.24, 2.45) is 0 Å². The van der Waals surface area contributed by atoms with Crippen LogP contribution in [0, 0.1) is 0 Å². The minimum Gasteiger partial charge on any atom is -0.478 e. The smallest absolute Gasteiger partial charge is 0.338 e. The highest BCUT2D eigenvalue weighted by atomic mass is 32.1. The molecule has 1 aromatic rings. The summed E-state index contributed by atoms with van der Waals surface area (Å²) in [5.41, 5.74) is -0.112. The van der Waals surface area contributed by atoms with Gasteiger partial charge in [0, 0.05) is 6.54 Å². The second kappa shape index (κ2) is 7.00. The van der Waals surface area contributed by atoms with Gasteiger partial charge < -0.3 is 15.1 Å². The van der Waals surface area contributed by atoms with Gasteiger partial charge in [0.15, 0.2) is 0 Å². The maximum Gasteiger partial charge on any atom is 0.338 e. The van der Waals surface area contributed by atoms with Crippen molar-refractivity contribution in [1.82, 2.24) is 4.90 Å². The van der Waals surface area contributed by atoms with Gasteiger partial charge in [-0.05, 0) is 11.4 Å². The van der Waals surface area contributed by atoms with E-state index >= 15 is 0 Å². The number of carboxylic acid groups (broad SMARTS) is 1. The Balaban J connectivity index is 2.75. The van der Waals surface area contributed by atoms with Gasteiger partial charge >= 0.3 is 12.0 Å². The third kappa shape index (κ3) is 4.45. The molecule has 0 unspecified atom stereocenters. The lowest BCUT2D eigenvalue weighted by atomic mass is 10.3. The van der Waals surface area contributed by atoms with E-state index < -0.39 is 31.6 Å². The highest BCUT2D eigenvalue weighted by Crippen LogP contribution is 2.23. The van der Waals surface area contributed by atoms with E-state index in [1.54, 1.807) is 0 Å². The van der Waals surface area contributed by atoms with Gasteiger partial charge in [0.1, 0.15) is 5.00 Å². The van der Waals surface area contributed by atoms with E-state index in [0.29, 0.717) is 0 Å². The number of hydrogen-bond acceptors (Lipinski definition) is 4. The summed E-state index contributed by atoms with van der Waals surface area (Å²) >= 11 is 0.971. The van der Waals surface area contributed by atoms with Crippen LogP contribution in [0.15, 0.2) is 11.4 Å². The second-order valence-electron chi connectivity index (χ2n) is 3.46. The molecule has 0 saturated carbocycles. The van der Waals surface area contributed by atoms with Gasteiger partial charge in [0.05, 0.1) is 18.7 Å². The number of thiophene rings is 1. The normalized spacial score (nSPS) is 10.5. The predicted molar refractivity (Wildman–Crippen MR) is 65.0 cm³/mol. The summed E-state index contributed by atoms with van der Waals surface area (Å²) in [4.78, 5) is 23.2. The number of anilines is 1. The van der Waals surface area contributed by atoms with Crippen LogP contribution < -0.4 is 5.32 Å². The van der Waals surface area contributed by atoms with Gasteiger partial charge in [0.2, 0.25) is 0 Å². The minimum atomic E-state index is -2.74. The van der Waals surface area contributed by atoms with Crippen molar-refractivity contribution in [2.45, 2.75) is 6.43 Å². The number of carbonyl (C=O) groups is 2. The van der Waals surface area contributed by atoms with Crippen LogP contribution in [0.1, 0.15) is 10.4 Å². The molecule has 0 atom stereocenters. The van der Waals surface area contributed by atoms with Gasteiger partial charge in [-0.2, -0.15) is 0 Å². The summed E-state index contributed by atoms with van der Waals surface area (Å²) < 4.78 is 24.5. The average Bonchev–Trinajstić information content (AvgIpc) is 2.76. The molecule has 1 heterocycles. The van der Waals surface area contributed by atoms with Gasteiger partial charge in [0.25, 0.3) is 6.43 Å². The first kappa shape index (κ1) is 15.3. The number of nitrogens with one attached hydrogen (secondary N) is 1. The van der Waals surface area contributed by atoms with Crippen molar-refractivity contribution in [2.75, 3.05) is 25.0 Å². The Morgan fingerprint density at radius 3 is 2.68 bits per heavy atom. The molecule has 0 fully saturated rings. The first-order chi connectivity index (χ1) is 8.95. The predicted octanol–water partition coefficient (Wildman–Crippen LogP) is 1.54. The van der Waals surface area contributed by atoms with Crippen LogP contribution in [0.2, 0.25) is 0 Å². The number of alkyl halides is 2. The number of hydrogen-bond donors (Lipinski definition) is 3. The van der Waals surface area contributed by atoms with E-state index in [9.17, 15) is 18.4 Å². The number of carboxylic acids is 1. The number of aromatic carboxylic acids is 1. The maximum atomic E-state index is 12.3. The highest BCUT2D eigenvalue weighted by molar-refractivity contribution is 7.14. The molecule has 0 radical (unpaired) electrons. The zero-order chi connectivity index (χ0) is 14.4. The fourth-order valence-corrected chi connectivity index (χ4v) is 2.08. The van der Waals surface area contributed by atoms with E-state index in [1.165, 1.54) is 11.4 Å². The quantitative estimate of drug-likeness (QED) is 0.742. The van der Waals surface area contributed by atoms with Crippen LogP contribution in [0.4, 0.5) is 18.6 Å². The number of nitrogens with zero attached hydrogens (tertiary/aromatic N) is 1. The Hall–Kier alpha value is -1.74. The molecule has 106 valence electrons. The highest BCUT2D eigenvalue weighted by Gasteiger charge is 2.20. The topological polar surface area (TPSA) is 89.9 Å². The number of amides is 2. The summed E-state index contributed by atoms with van der Waals surface area (Å²) in [6.45, 7) is -1.56. The monoisotopic (exact) mass is 294 g/mol. The molecule has 0 aliphatic carbocycles. The summed E-state index contributed by atoms with van der Waals surface area (Å²) in [6, 6.07) is 0.422. The number of rotatable bonds is 6. The van der Waals surface area contributed by atoms with Crippen molar-refractivity contribution in [1.29, 1.82) is 0 Å². The van der Waals surface area contributed by atoms with Gasteiger partial charge in [-0.3, -0.25) is 5.32 Å². The first-order valence-electron chi connectivity index (χ1n) is 5.21. The lowest BCUT2D eigenvalue weighted by Gasteiger charge is -2.21. The number of urea groups is 1. The van der Waals surface area contributed by atoms with Crippen molar-refractivity contribution in [3.05, 3.63) is 17.0 Å². The van der Waals surface area contributed by atoms with Crippen LogP contribution in [-0.2, 0) is 0 Å². The largest absolute Gasteiger partial charge is 0.478 e. The Bertz CT molecular complexity index is 452. The Kier molecular flexibility index (Phi) is 5.64. The van der Waals surface area contributed by atoms with Crippen molar-refractivity contribution >= 4 is 28.3 Å². The van der Waals surface area contributed by atoms with Gasteiger partial charge in [-0.25, -0.2) is 18.4 Å². The average molecular weight is 294 g/mol. The van der Waals surface area contributed by atoms with Gasteiger partial charge in [-0.1, -0.05) is 0 Å². The van der Waals surface area contributed by atoms with E-state index in [0.717, 1.165) is 16.2 Å². The third-order valence-electron chi connectivity index (χ3n) is 2.13. The van der Waals surface area contributed by atoms with Crippen molar-refractivity contribution in [3.8, 4) is 0 Å². The standard InChI is InChI=1S/C10H12F2N2O4S/c11-7(12)5-14(2-3-15)10(18)13-8-6(9(16)17)1-4-19-8/h1,4,7,15H,2-3,5H2,(H,13,18)(H,16,17). The lowest BCUT2D eigenvalue weighted by molar-refractivity contribution is 0.0698. The maximum absolute atomic E-state index is 12.3. The van der Waals surface area contributed by atoms with Crippen molar-refractivity contribution < 1.29 is 28.6 Å². The number of halogens is 2.